The van der Waals surface area contributed by atoms with Gasteiger partial charge in [0.2, 0.25) is 21.8 Å². The molecular weight excluding hydrogens is 490 g/mol. The summed E-state index contributed by atoms with van der Waals surface area (Å²) < 4.78 is 89.2. The van der Waals surface area contributed by atoms with Gasteiger partial charge in [-0.15, -0.1) is 0 Å². The predicted octanol–water partition coefficient (Wildman–Crippen LogP) is 5.48. The standard InChI is InChI=1S/C23H27F4N3O4S/c1-33-21-18(30-35(31,32)14-23(25,26)27)12-15(13-28-21)20-17(24)4-5-19(29-20)34-16-6-10-22(11-7-16)8-2-3-9-22/h4-5,12-13,16,30H,2-3,6-11,14H2,1H3. The maximum atomic E-state index is 14.6. The van der Waals surface area contributed by atoms with Crippen LogP contribution in [-0.2, 0) is 10.0 Å². The van der Waals surface area contributed by atoms with Crippen LogP contribution in [0.3, 0.4) is 0 Å². The molecule has 0 aromatic carbocycles. The molecular formula is C23H27F4N3O4S. The lowest BCUT2D eigenvalue weighted by Crippen LogP contribution is -2.30. The van der Waals surface area contributed by atoms with E-state index in [1.54, 1.807) is 0 Å². The summed E-state index contributed by atoms with van der Waals surface area (Å²) in [5.74, 6) is -2.87. The topological polar surface area (TPSA) is 90.4 Å². The molecule has 0 atom stereocenters. The first-order valence-corrected chi connectivity index (χ1v) is 13.1. The van der Waals surface area contributed by atoms with Crippen LogP contribution in [0.15, 0.2) is 24.4 Å². The van der Waals surface area contributed by atoms with Gasteiger partial charge >= 0.3 is 6.18 Å². The van der Waals surface area contributed by atoms with Crippen LogP contribution in [0.5, 0.6) is 11.8 Å². The maximum absolute atomic E-state index is 14.6. The second-order valence-electron chi connectivity index (χ2n) is 9.26. The molecule has 12 heteroatoms. The largest absolute Gasteiger partial charge is 0.480 e. The van der Waals surface area contributed by atoms with Crippen LogP contribution >= 0.6 is 0 Å². The SMILES string of the molecule is COc1ncc(-c2nc(OC3CCC4(CCCC4)CC3)ccc2F)cc1NS(=O)(=O)CC(F)(F)F. The van der Waals surface area contributed by atoms with E-state index in [2.05, 4.69) is 9.97 Å². The third kappa shape index (κ3) is 6.33. The number of anilines is 1. The number of nitrogens with one attached hydrogen (secondary N) is 1. The summed E-state index contributed by atoms with van der Waals surface area (Å²) in [5, 5.41) is 0. The first-order valence-electron chi connectivity index (χ1n) is 11.4. The van der Waals surface area contributed by atoms with Gasteiger partial charge in [-0.3, -0.25) is 4.72 Å². The number of methoxy groups -OCH3 is 1. The van der Waals surface area contributed by atoms with Gasteiger partial charge in [-0.2, -0.15) is 13.2 Å². The number of hydrogen-bond acceptors (Lipinski definition) is 6. The summed E-state index contributed by atoms with van der Waals surface area (Å²) in [6.45, 7) is 0. The monoisotopic (exact) mass is 517 g/mol. The van der Waals surface area contributed by atoms with Gasteiger partial charge in [0.1, 0.15) is 23.3 Å². The Morgan fingerprint density at radius 3 is 2.46 bits per heavy atom. The third-order valence-corrected chi connectivity index (χ3v) is 7.94. The molecule has 0 unspecified atom stereocenters. The lowest BCUT2D eigenvalue weighted by atomic mass is 9.72. The van der Waals surface area contributed by atoms with Crippen molar-refractivity contribution >= 4 is 15.7 Å². The highest BCUT2D eigenvalue weighted by Crippen LogP contribution is 2.49. The Morgan fingerprint density at radius 1 is 1.14 bits per heavy atom. The van der Waals surface area contributed by atoms with Crippen LogP contribution in [-0.4, -0.2) is 43.5 Å². The van der Waals surface area contributed by atoms with Crippen LogP contribution in [0.4, 0.5) is 23.2 Å². The van der Waals surface area contributed by atoms with Gasteiger partial charge in [0, 0.05) is 17.8 Å². The van der Waals surface area contributed by atoms with Crippen molar-refractivity contribution in [3.8, 4) is 23.0 Å². The Morgan fingerprint density at radius 2 is 1.83 bits per heavy atom. The van der Waals surface area contributed by atoms with Crippen molar-refractivity contribution in [2.75, 3.05) is 17.6 Å². The average Bonchev–Trinajstić information content (AvgIpc) is 3.23. The number of halogens is 4. The lowest BCUT2D eigenvalue weighted by Gasteiger charge is -2.37. The van der Waals surface area contributed by atoms with Gasteiger partial charge in [-0.25, -0.2) is 22.8 Å². The normalized spacial score (nSPS) is 18.5. The minimum atomic E-state index is -4.94. The molecule has 1 spiro atoms. The van der Waals surface area contributed by atoms with Crippen molar-refractivity contribution < 1.29 is 35.5 Å². The molecule has 2 aromatic rings. The van der Waals surface area contributed by atoms with E-state index in [4.69, 9.17) is 9.47 Å². The van der Waals surface area contributed by atoms with E-state index in [-0.39, 0.29) is 34.8 Å². The van der Waals surface area contributed by atoms with Crippen molar-refractivity contribution in [2.45, 2.75) is 63.6 Å². The molecule has 1 N–H and O–H groups in total. The highest BCUT2D eigenvalue weighted by atomic mass is 32.2. The van der Waals surface area contributed by atoms with Gasteiger partial charge in [-0.05, 0) is 56.1 Å². The fraction of sp³-hybridized carbons (Fsp3) is 0.565. The number of aromatic nitrogens is 2. The smallest absolute Gasteiger partial charge is 0.404 e. The molecule has 0 aliphatic heterocycles. The molecule has 2 fully saturated rings. The lowest BCUT2D eigenvalue weighted by molar-refractivity contribution is -0.106. The van der Waals surface area contributed by atoms with Gasteiger partial charge < -0.3 is 9.47 Å². The van der Waals surface area contributed by atoms with E-state index in [1.165, 1.54) is 51.1 Å². The van der Waals surface area contributed by atoms with Crippen molar-refractivity contribution in [2.24, 2.45) is 5.41 Å². The molecule has 0 saturated heterocycles. The molecule has 7 nitrogen and oxygen atoms in total. The Bertz CT molecular complexity index is 1160. The van der Waals surface area contributed by atoms with Crippen molar-refractivity contribution in [1.29, 1.82) is 0 Å². The van der Waals surface area contributed by atoms with E-state index in [0.29, 0.717) is 5.41 Å². The molecule has 2 aromatic heterocycles. The second-order valence-corrected chi connectivity index (χ2v) is 11.0. The number of ether oxygens (including phenoxy) is 2. The quantitative estimate of drug-likeness (QED) is 0.490. The molecule has 4 rings (SSSR count). The van der Waals surface area contributed by atoms with Crippen LogP contribution in [0, 0.1) is 11.2 Å². The minimum Gasteiger partial charge on any atom is -0.480 e. The number of rotatable bonds is 7. The van der Waals surface area contributed by atoms with Crippen LogP contribution in [0.2, 0.25) is 0 Å². The molecule has 2 saturated carbocycles. The number of pyridine rings is 2. The van der Waals surface area contributed by atoms with Gasteiger partial charge in [0.15, 0.2) is 5.75 Å². The molecule has 2 heterocycles. The Hall–Kier alpha value is -2.63. The van der Waals surface area contributed by atoms with E-state index in [1.807, 2.05) is 4.72 Å². The first-order chi connectivity index (χ1) is 16.5. The molecule has 0 amide bonds. The van der Waals surface area contributed by atoms with Crippen LogP contribution in [0.1, 0.15) is 51.4 Å². The van der Waals surface area contributed by atoms with Gasteiger partial charge in [0.05, 0.1) is 7.11 Å². The van der Waals surface area contributed by atoms with Crippen molar-refractivity contribution in [3.63, 3.8) is 0 Å². The minimum absolute atomic E-state index is 0.0363. The molecule has 2 aliphatic carbocycles. The molecule has 2 aliphatic rings. The number of sulfonamides is 1. The highest BCUT2D eigenvalue weighted by molar-refractivity contribution is 7.92. The fourth-order valence-corrected chi connectivity index (χ4v) is 6.03. The Kier molecular flexibility index (Phi) is 7.12. The Labute approximate surface area is 201 Å². The summed E-state index contributed by atoms with van der Waals surface area (Å²) in [4.78, 5) is 8.15. The number of hydrogen-bond donors (Lipinski definition) is 1. The summed E-state index contributed by atoms with van der Waals surface area (Å²) in [6, 6.07) is 3.72. The maximum Gasteiger partial charge on any atom is 0.404 e. The number of alkyl halides is 3. The van der Waals surface area contributed by atoms with Crippen molar-refractivity contribution in [3.05, 3.63) is 30.2 Å². The van der Waals surface area contributed by atoms with Gasteiger partial charge in [-0.1, -0.05) is 12.8 Å². The zero-order valence-corrected chi connectivity index (χ0v) is 20.0. The van der Waals surface area contributed by atoms with Gasteiger partial charge in [0.25, 0.3) is 0 Å². The Balaban J connectivity index is 1.53. The zero-order chi connectivity index (χ0) is 25.3. The number of nitrogens with zero attached hydrogens (tertiary/aromatic N) is 2. The second kappa shape index (κ2) is 9.79. The summed E-state index contributed by atoms with van der Waals surface area (Å²) in [7, 11) is -3.63. The molecule has 0 bridgehead atoms. The zero-order valence-electron chi connectivity index (χ0n) is 19.2. The van der Waals surface area contributed by atoms with Crippen molar-refractivity contribution in [1.82, 2.24) is 9.97 Å². The summed E-state index contributed by atoms with van der Waals surface area (Å²) >= 11 is 0. The van der Waals surface area contributed by atoms with Crippen LogP contribution in [0.25, 0.3) is 11.3 Å². The average molecular weight is 518 g/mol. The summed E-state index contributed by atoms with van der Waals surface area (Å²) in [5.41, 5.74) is -0.0498. The fourth-order valence-electron chi connectivity index (χ4n) is 5.05. The first kappa shape index (κ1) is 25.5. The highest BCUT2D eigenvalue weighted by Gasteiger charge is 2.38. The molecule has 0 radical (unpaired) electrons. The predicted molar refractivity (Wildman–Crippen MR) is 121 cm³/mol. The van der Waals surface area contributed by atoms with Crippen LogP contribution < -0.4 is 14.2 Å². The third-order valence-electron chi connectivity index (χ3n) is 6.70. The summed E-state index contributed by atoms with van der Waals surface area (Å²) in [6.07, 6.45) is 5.26. The van der Waals surface area contributed by atoms with E-state index >= 15 is 0 Å². The molecule has 35 heavy (non-hydrogen) atoms. The van der Waals surface area contributed by atoms with E-state index in [0.717, 1.165) is 31.7 Å². The van der Waals surface area contributed by atoms with E-state index < -0.39 is 27.8 Å². The van der Waals surface area contributed by atoms with E-state index in [9.17, 15) is 26.0 Å². The molecule has 192 valence electrons.